The van der Waals surface area contributed by atoms with Crippen molar-refractivity contribution in [3.63, 3.8) is 0 Å². The average molecular weight is 293 g/mol. The van der Waals surface area contributed by atoms with Crippen LogP contribution in [0, 0.1) is 0 Å². The highest BCUT2D eigenvalue weighted by Crippen LogP contribution is 2.20. The van der Waals surface area contributed by atoms with E-state index in [9.17, 15) is 0 Å². The third-order valence-corrected chi connectivity index (χ3v) is 2.69. The number of nitrogens with zero attached hydrogens (tertiary/aromatic N) is 1. The largest absolute Gasteiger partial charge is 0.497 e. The van der Waals surface area contributed by atoms with Gasteiger partial charge in [-0.2, -0.15) is 0 Å². The molecule has 0 unspecified atom stereocenters. The summed E-state index contributed by atoms with van der Waals surface area (Å²) in [6, 6.07) is 14.9. The molecule has 0 aliphatic rings. The molecule has 2 aromatic carbocycles. The Kier molecular flexibility index (Phi) is 5.87. The number of halogens is 1. The van der Waals surface area contributed by atoms with E-state index in [1.807, 2.05) is 48.5 Å². The molecule has 0 bridgehead atoms. The van der Waals surface area contributed by atoms with Gasteiger partial charge in [-0.15, -0.1) is 12.4 Å². The van der Waals surface area contributed by atoms with Crippen LogP contribution < -0.4 is 15.2 Å². The summed E-state index contributed by atoms with van der Waals surface area (Å²) in [4.78, 5) is 4.37. The molecule has 0 heterocycles. The lowest BCUT2D eigenvalue weighted by Crippen LogP contribution is -2.12. The molecule has 0 aliphatic heterocycles. The third-order valence-electron chi connectivity index (χ3n) is 2.69. The molecule has 0 amide bonds. The number of benzene rings is 2. The molecule has 2 N–H and O–H groups in total. The second kappa shape index (κ2) is 7.40. The number of hydrogen-bond donors (Lipinski definition) is 1. The van der Waals surface area contributed by atoms with Crippen LogP contribution in [0.15, 0.2) is 53.5 Å². The highest BCUT2D eigenvalue weighted by Gasteiger charge is 2.00. The van der Waals surface area contributed by atoms with Crippen LogP contribution >= 0.6 is 12.4 Å². The summed E-state index contributed by atoms with van der Waals surface area (Å²) in [5.41, 5.74) is 7.59. The molecule has 2 rings (SSSR count). The quantitative estimate of drug-likeness (QED) is 0.695. The van der Waals surface area contributed by atoms with E-state index in [1.54, 1.807) is 14.2 Å². The number of methoxy groups -OCH3 is 2. The van der Waals surface area contributed by atoms with Crippen molar-refractivity contribution in [2.24, 2.45) is 10.7 Å². The van der Waals surface area contributed by atoms with Gasteiger partial charge in [0.1, 0.15) is 17.3 Å². The van der Waals surface area contributed by atoms with Crippen molar-refractivity contribution in [3.8, 4) is 11.5 Å². The number of ether oxygens (including phenoxy) is 2. The van der Waals surface area contributed by atoms with Crippen LogP contribution in [0.2, 0.25) is 0 Å². The molecule has 0 saturated carbocycles. The van der Waals surface area contributed by atoms with Gasteiger partial charge in [-0.3, -0.25) is 0 Å². The Morgan fingerprint density at radius 3 is 2.20 bits per heavy atom. The highest BCUT2D eigenvalue weighted by molar-refractivity contribution is 5.99. The lowest BCUT2D eigenvalue weighted by molar-refractivity contribution is 0.415. The van der Waals surface area contributed by atoms with E-state index in [1.165, 1.54) is 0 Å². The van der Waals surface area contributed by atoms with Crippen LogP contribution in [-0.2, 0) is 0 Å². The molecular formula is C15H17ClN2O2. The molecule has 4 nitrogen and oxygen atoms in total. The molecule has 0 spiro atoms. The summed E-state index contributed by atoms with van der Waals surface area (Å²) in [7, 11) is 3.25. The Morgan fingerprint density at radius 1 is 0.950 bits per heavy atom. The Balaban J connectivity index is 0.00000200. The Bertz CT molecular complexity index is 583. The van der Waals surface area contributed by atoms with Crippen LogP contribution in [0.4, 0.5) is 5.69 Å². The number of rotatable bonds is 4. The maximum Gasteiger partial charge on any atom is 0.131 e. The first kappa shape index (κ1) is 15.9. The van der Waals surface area contributed by atoms with Crippen LogP contribution in [0.3, 0.4) is 0 Å². The van der Waals surface area contributed by atoms with Gasteiger partial charge in [0.25, 0.3) is 0 Å². The molecular weight excluding hydrogens is 276 g/mol. The van der Waals surface area contributed by atoms with Gasteiger partial charge in [0.2, 0.25) is 0 Å². The van der Waals surface area contributed by atoms with Gasteiger partial charge in [-0.1, -0.05) is 6.07 Å². The van der Waals surface area contributed by atoms with Crippen molar-refractivity contribution < 1.29 is 9.47 Å². The Labute approximate surface area is 124 Å². The highest BCUT2D eigenvalue weighted by atomic mass is 35.5. The Morgan fingerprint density at radius 2 is 1.60 bits per heavy atom. The van der Waals surface area contributed by atoms with Crippen LogP contribution in [0.5, 0.6) is 11.5 Å². The second-order valence-corrected chi connectivity index (χ2v) is 3.93. The molecule has 20 heavy (non-hydrogen) atoms. The molecule has 0 aliphatic carbocycles. The maximum absolute atomic E-state index is 5.98. The summed E-state index contributed by atoms with van der Waals surface area (Å²) < 4.78 is 10.2. The first-order valence-corrected chi connectivity index (χ1v) is 5.85. The van der Waals surface area contributed by atoms with Crippen molar-refractivity contribution >= 4 is 23.9 Å². The first-order valence-electron chi connectivity index (χ1n) is 5.85. The molecule has 0 radical (unpaired) electrons. The molecule has 0 saturated heterocycles. The van der Waals surface area contributed by atoms with Gasteiger partial charge in [0.15, 0.2) is 0 Å². The molecule has 5 heteroatoms. The number of aliphatic imine (C=N–C) groups is 1. The summed E-state index contributed by atoms with van der Waals surface area (Å²) in [5.74, 6) is 2.00. The van der Waals surface area contributed by atoms with Crippen molar-refractivity contribution in [2.45, 2.75) is 0 Å². The number of hydrogen-bond acceptors (Lipinski definition) is 3. The van der Waals surface area contributed by atoms with E-state index >= 15 is 0 Å². The lowest BCUT2D eigenvalue weighted by atomic mass is 10.2. The van der Waals surface area contributed by atoms with E-state index in [0.717, 1.165) is 22.7 Å². The van der Waals surface area contributed by atoms with Crippen molar-refractivity contribution in [1.29, 1.82) is 0 Å². The normalized spacial score (nSPS) is 10.6. The average Bonchev–Trinajstić information content (AvgIpc) is 2.47. The maximum atomic E-state index is 5.98. The number of nitrogens with two attached hydrogens (primary N) is 1. The topological polar surface area (TPSA) is 56.8 Å². The first-order chi connectivity index (χ1) is 9.22. The van der Waals surface area contributed by atoms with Crippen LogP contribution in [0.25, 0.3) is 0 Å². The summed E-state index contributed by atoms with van der Waals surface area (Å²) >= 11 is 0. The summed E-state index contributed by atoms with van der Waals surface area (Å²) in [6.07, 6.45) is 0. The number of amidine groups is 1. The molecule has 0 atom stereocenters. The summed E-state index contributed by atoms with van der Waals surface area (Å²) in [6.45, 7) is 0. The zero-order valence-corrected chi connectivity index (χ0v) is 12.2. The fourth-order valence-electron chi connectivity index (χ4n) is 1.65. The van der Waals surface area contributed by atoms with Gasteiger partial charge in [0.05, 0.1) is 19.9 Å². The van der Waals surface area contributed by atoms with Crippen molar-refractivity contribution in [3.05, 3.63) is 54.1 Å². The fourth-order valence-corrected chi connectivity index (χ4v) is 1.65. The summed E-state index contributed by atoms with van der Waals surface area (Å²) in [5, 5.41) is 0. The van der Waals surface area contributed by atoms with Gasteiger partial charge in [-0.25, -0.2) is 4.99 Å². The van der Waals surface area contributed by atoms with E-state index in [-0.39, 0.29) is 12.4 Å². The van der Waals surface area contributed by atoms with Gasteiger partial charge in [0, 0.05) is 11.6 Å². The molecule has 106 valence electrons. The minimum absolute atomic E-state index is 0. The third kappa shape index (κ3) is 3.90. The SMILES string of the molecule is COc1ccc(C(N)=Nc2cccc(OC)c2)cc1.Cl. The monoisotopic (exact) mass is 292 g/mol. The lowest BCUT2D eigenvalue weighted by Gasteiger charge is -2.04. The molecule has 0 aromatic heterocycles. The minimum Gasteiger partial charge on any atom is -0.497 e. The Hall–Kier alpha value is -2.20. The van der Waals surface area contributed by atoms with Crippen LogP contribution in [0.1, 0.15) is 5.56 Å². The predicted molar refractivity (Wildman–Crippen MR) is 83.6 cm³/mol. The van der Waals surface area contributed by atoms with E-state index in [0.29, 0.717) is 5.84 Å². The van der Waals surface area contributed by atoms with Crippen LogP contribution in [-0.4, -0.2) is 20.1 Å². The van der Waals surface area contributed by atoms with Crippen molar-refractivity contribution in [1.82, 2.24) is 0 Å². The predicted octanol–water partition coefficient (Wildman–Crippen LogP) is 3.16. The fraction of sp³-hybridized carbons (Fsp3) is 0.133. The second-order valence-electron chi connectivity index (χ2n) is 3.93. The standard InChI is InChI=1S/C15H16N2O2.ClH/c1-18-13-8-6-11(7-9-13)15(16)17-12-4-3-5-14(10-12)19-2;/h3-10H,1-2H3,(H2,16,17);1H. The van der Waals surface area contributed by atoms with E-state index in [2.05, 4.69) is 4.99 Å². The molecule has 0 fully saturated rings. The van der Waals surface area contributed by atoms with Gasteiger partial charge >= 0.3 is 0 Å². The van der Waals surface area contributed by atoms with E-state index < -0.39 is 0 Å². The minimum atomic E-state index is 0. The van der Waals surface area contributed by atoms with Gasteiger partial charge in [-0.05, 0) is 36.4 Å². The smallest absolute Gasteiger partial charge is 0.131 e. The zero-order valence-electron chi connectivity index (χ0n) is 11.4. The molecule has 2 aromatic rings. The van der Waals surface area contributed by atoms with Gasteiger partial charge < -0.3 is 15.2 Å². The zero-order chi connectivity index (χ0) is 13.7. The van der Waals surface area contributed by atoms with E-state index in [4.69, 9.17) is 15.2 Å². The van der Waals surface area contributed by atoms with Crippen molar-refractivity contribution in [2.75, 3.05) is 14.2 Å².